The van der Waals surface area contributed by atoms with Crippen LogP contribution in [-0.2, 0) is 30.6 Å². The number of hydrogen-bond acceptors (Lipinski definition) is 3. The molecule has 3 aromatic carbocycles. The van der Waals surface area contributed by atoms with Crippen LogP contribution in [0.25, 0.3) is 0 Å². The van der Waals surface area contributed by atoms with E-state index in [-0.39, 0.29) is 24.3 Å². The number of halogens is 3. The molecule has 1 fully saturated rings. The van der Waals surface area contributed by atoms with Gasteiger partial charge in [-0.15, -0.1) is 23.2 Å². The van der Waals surface area contributed by atoms with E-state index in [1.807, 2.05) is 66.7 Å². The van der Waals surface area contributed by atoms with Crippen molar-refractivity contribution in [3.8, 4) is 0 Å². The molecule has 0 spiro atoms. The molecule has 40 heavy (non-hydrogen) atoms. The molecule has 1 aliphatic heterocycles. The topological polar surface area (TPSA) is 66.5 Å². The number of anilines is 1. The number of imide groups is 1. The Labute approximate surface area is 252 Å². The molecule has 3 aliphatic carbocycles. The summed E-state index contributed by atoms with van der Waals surface area (Å²) in [5, 5.41) is 3.00. The molecule has 1 N–H and O–H groups in total. The first kappa shape index (κ1) is 27.5. The lowest BCUT2D eigenvalue weighted by molar-refractivity contribution is -0.140. The highest BCUT2D eigenvalue weighted by Gasteiger charge is 2.72. The number of nitrogens with one attached hydrogen (secondary N) is 1. The summed E-state index contributed by atoms with van der Waals surface area (Å²) >= 11 is 18.4. The molecule has 0 radical (unpaired) electrons. The van der Waals surface area contributed by atoms with E-state index in [4.69, 9.17) is 23.2 Å². The van der Waals surface area contributed by atoms with E-state index in [9.17, 15) is 14.4 Å². The van der Waals surface area contributed by atoms with Crippen LogP contribution in [0.2, 0.25) is 0 Å². The van der Waals surface area contributed by atoms with Crippen LogP contribution < -0.4 is 5.32 Å². The number of carbonyl (C=O) groups is 3. The SMILES string of the molecule is CCc1cc(Br)ccc1NC(=O)CCCCCN1C(=O)[C@@H]2[C@H](C1=O)C1(Cl)c3ccccc3C2(Cl)c2ccccc21. The molecule has 206 valence electrons. The first-order chi connectivity index (χ1) is 19.2. The van der Waals surface area contributed by atoms with Crippen molar-refractivity contribution < 1.29 is 14.4 Å². The predicted octanol–water partition coefficient (Wildman–Crippen LogP) is 7.10. The van der Waals surface area contributed by atoms with Gasteiger partial charge in [-0.25, -0.2) is 0 Å². The fourth-order valence-electron chi connectivity index (χ4n) is 6.87. The molecule has 8 heteroatoms. The Hall–Kier alpha value is -2.67. The van der Waals surface area contributed by atoms with Gasteiger partial charge in [-0.05, 0) is 65.3 Å². The van der Waals surface area contributed by atoms with E-state index >= 15 is 0 Å². The van der Waals surface area contributed by atoms with E-state index in [1.165, 1.54) is 4.90 Å². The number of likely N-dealkylation sites (tertiary alicyclic amines) is 1. The van der Waals surface area contributed by atoms with Crippen molar-refractivity contribution in [2.75, 3.05) is 11.9 Å². The minimum Gasteiger partial charge on any atom is -0.326 e. The Kier molecular flexibility index (Phi) is 7.09. The van der Waals surface area contributed by atoms with Gasteiger partial charge in [0, 0.05) is 23.1 Å². The van der Waals surface area contributed by atoms with Crippen molar-refractivity contribution in [2.45, 2.75) is 48.8 Å². The summed E-state index contributed by atoms with van der Waals surface area (Å²) < 4.78 is 0.981. The third-order valence-corrected chi connectivity index (χ3v) is 10.5. The highest BCUT2D eigenvalue weighted by molar-refractivity contribution is 9.10. The van der Waals surface area contributed by atoms with Gasteiger partial charge in [-0.3, -0.25) is 19.3 Å². The number of aryl methyl sites for hydroxylation is 1. The van der Waals surface area contributed by atoms with Crippen LogP contribution >= 0.6 is 39.1 Å². The van der Waals surface area contributed by atoms with Gasteiger partial charge < -0.3 is 5.32 Å². The van der Waals surface area contributed by atoms with Crippen LogP contribution in [0.5, 0.6) is 0 Å². The lowest BCUT2D eigenvalue weighted by atomic mass is 9.54. The molecule has 2 atom stereocenters. The van der Waals surface area contributed by atoms with Crippen LogP contribution in [-0.4, -0.2) is 29.2 Å². The molecule has 1 heterocycles. The maximum atomic E-state index is 13.9. The minimum absolute atomic E-state index is 0.0448. The van der Waals surface area contributed by atoms with Crippen LogP contribution in [0.3, 0.4) is 0 Å². The Balaban J connectivity index is 1.14. The Morgan fingerprint density at radius 2 is 1.38 bits per heavy atom. The molecule has 4 aliphatic rings. The summed E-state index contributed by atoms with van der Waals surface area (Å²) in [7, 11) is 0. The van der Waals surface area contributed by atoms with Gasteiger partial charge in [0.2, 0.25) is 17.7 Å². The van der Waals surface area contributed by atoms with Gasteiger partial charge in [-0.1, -0.05) is 77.8 Å². The largest absolute Gasteiger partial charge is 0.326 e. The Morgan fingerprint density at radius 1 is 0.850 bits per heavy atom. The molecule has 3 amide bonds. The number of alkyl halides is 2. The summed E-state index contributed by atoms with van der Waals surface area (Å²) in [6, 6.07) is 21.1. The number of hydrogen-bond donors (Lipinski definition) is 1. The number of unbranched alkanes of at least 4 members (excludes halogenated alkanes) is 2. The molecule has 7 rings (SSSR count). The normalized spacial score (nSPS) is 25.9. The summed E-state index contributed by atoms with van der Waals surface area (Å²) in [5.41, 5.74) is 5.11. The number of rotatable bonds is 8. The van der Waals surface area contributed by atoms with Crippen molar-refractivity contribution in [1.82, 2.24) is 4.90 Å². The smallest absolute Gasteiger partial charge is 0.235 e. The minimum atomic E-state index is -1.15. The maximum absolute atomic E-state index is 13.9. The van der Waals surface area contributed by atoms with Gasteiger partial charge in [0.25, 0.3) is 0 Å². The van der Waals surface area contributed by atoms with Crippen LogP contribution in [0.1, 0.15) is 60.4 Å². The standard InChI is InChI=1S/C32H29BrCl2N2O3/c1-2-19-18-20(33)15-16-25(19)36-26(38)14-4-3-9-17-37-29(39)27-28(30(37)40)32(35)22-11-6-5-10-21(22)31(27,34)23-12-7-8-13-24(23)32/h5-8,10-13,15-16,18,27-28H,2-4,9,14,17H2,1H3,(H,36,38)/t27-,28+,31?,32?. The van der Waals surface area contributed by atoms with Gasteiger partial charge >= 0.3 is 0 Å². The molecule has 0 aromatic heterocycles. The van der Waals surface area contributed by atoms with Crippen molar-refractivity contribution in [1.29, 1.82) is 0 Å². The monoisotopic (exact) mass is 638 g/mol. The van der Waals surface area contributed by atoms with Crippen molar-refractivity contribution in [3.05, 3.63) is 99.0 Å². The second-order valence-electron chi connectivity index (χ2n) is 10.8. The zero-order valence-electron chi connectivity index (χ0n) is 22.1. The molecular weight excluding hydrogens is 611 g/mol. The molecule has 0 saturated carbocycles. The molecular formula is C32H29BrCl2N2O3. The second-order valence-corrected chi connectivity index (χ2v) is 12.9. The Morgan fingerprint density at radius 3 is 1.88 bits per heavy atom. The lowest BCUT2D eigenvalue weighted by Crippen LogP contribution is -2.57. The van der Waals surface area contributed by atoms with Crippen molar-refractivity contribution >= 4 is 62.5 Å². The third kappa shape index (κ3) is 3.98. The van der Waals surface area contributed by atoms with Gasteiger partial charge in [0.1, 0.15) is 9.75 Å². The van der Waals surface area contributed by atoms with Crippen LogP contribution in [0, 0.1) is 11.8 Å². The number of amides is 3. The van der Waals surface area contributed by atoms with E-state index in [0.29, 0.717) is 25.7 Å². The van der Waals surface area contributed by atoms with Crippen LogP contribution in [0.15, 0.2) is 71.2 Å². The summed E-state index contributed by atoms with van der Waals surface area (Å²) in [6.45, 7) is 2.33. The average Bonchev–Trinajstić information content (AvgIpc) is 3.22. The predicted molar refractivity (Wildman–Crippen MR) is 160 cm³/mol. The van der Waals surface area contributed by atoms with E-state index in [0.717, 1.165) is 44.4 Å². The third-order valence-electron chi connectivity index (χ3n) is 8.68. The summed E-state index contributed by atoms with van der Waals surface area (Å²) in [5.74, 6) is -2.11. The number of nitrogens with zero attached hydrogens (tertiary/aromatic N) is 1. The molecule has 0 unspecified atom stereocenters. The van der Waals surface area contributed by atoms with E-state index < -0.39 is 21.6 Å². The highest BCUT2D eigenvalue weighted by atomic mass is 79.9. The van der Waals surface area contributed by atoms with E-state index in [1.54, 1.807) is 0 Å². The molecule has 5 nitrogen and oxygen atoms in total. The van der Waals surface area contributed by atoms with Crippen LogP contribution in [0.4, 0.5) is 5.69 Å². The van der Waals surface area contributed by atoms with E-state index in [2.05, 4.69) is 28.2 Å². The fraction of sp³-hybridized carbons (Fsp3) is 0.344. The second kappa shape index (κ2) is 10.3. The molecule has 3 aromatic rings. The van der Waals surface area contributed by atoms with Crippen molar-refractivity contribution in [3.63, 3.8) is 0 Å². The Bertz CT molecular complexity index is 1420. The molecule has 2 bridgehead atoms. The van der Waals surface area contributed by atoms with Gasteiger partial charge in [0.05, 0.1) is 11.8 Å². The van der Waals surface area contributed by atoms with Gasteiger partial charge in [0.15, 0.2) is 0 Å². The van der Waals surface area contributed by atoms with Gasteiger partial charge in [-0.2, -0.15) is 0 Å². The average molecular weight is 640 g/mol. The molecule has 1 saturated heterocycles. The fourth-order valence-corrected chi connectivity index (χ4v) is 8.37. The number of carbonyl (C=O) groups excluding carboxylic acids is 3. The zero-order chi connectivity index (χ0) is 28.2. The maximum Gasteiger partial charge on any atom is 0.235 e. The summed E-state index contributed by atoms with van der Waals surface area (Å²) in [4.78, 5) is 39.3. The highest BCUT2D eigenvalue weighted by Crippen LogP contribution is 2.69. The lowest BCUT2D eigenvalue weighted by Gasteiger charge is -2.54. The first-order valence-corrected chi connectivity index (χ1v) is 15.3. The quantitative estimate of drug-likeness (QED) is 0.162. The summed E-state index contributed by atoms with van der Waals surface area (Å²) in [6.07, 6.45) is 3.15. The number of benzene rings is 3. The zero-order valence-corrected chi connectivity index (χ0v) is 25.2. The van der Waals surface area contributed by atoms with Crippen molar-refractivity contribution in [2.24, 2.45) is 11.8 Å². The first-order valence-electron chi connectivity index (χ1n) is 13.7.